The van der Waals surface area contributed by atoms with Crippen LogP contribution in [-0.2, 0) is 6.42 Å². The van der Waals surface area contributed by atoms with Gasteiger partial charge in [0.2, 0.25) is 0 Å². The molecule has 1 aliphatic rings. The van der Waals surface area contributed by atoms with E-state index < -0.39 is 0 Å². The highest BCUT2D eigenvalue weighted by molar-refractivity contribution is 5.33. The molecule has 0 spiro atoms. The van der Waals surface area contributed by atoms with Crippen molar-refractivity contribution in [2.24, 2.45) is 0 Å². The van der Waals surface area contributed by atoms with Crippen LogP contribution in [0.25, 0.3) is 0 Å². The molecular weight excluding hydrogens is 170 g/mol. The monoisotopic (exact) mass is 189 g/mol. The second-order valence-corrected chi connectivity index (χ2v) is 4.19. The van der Waals surface area contributed by atoms with Gasteiger partial charge in [-0.05, 0) is 49.4 Å². The third-order valence-corrected chi connectivity index (χ3v) is 3.21. The number of nitrogens with one attached hydrogen (secondary N) is 1. The SMILES string of the molecule is CCc1ccc(C2CCCN2)cc1C. The van der Waals surface area contributed by atoms with E-state index in [1.54, 1.807) is 0 Å². The molecular formula is C13H19N. The molecule has 0 aliphatic carbocycles. The zero-order valence-electron chi connectivity index (χ0n) is 9.14. The van der Waals surface area contributed by atoms with Crippen LogP contribution in [0.4, 0.5) is 0 Å². The maximum atomic E-state index is 3.54. The molecule has 1 heteroatoms. The van der Waals surface area contributed by atoms with Crippen LogP contribution in [0.5, 0.6) is 0 Å². The first-order valence-corrected chi connectivity index (χ1v) is 5.64. The molecule has 2 rings (SSSR count). The second-order valence-electron chi connectivity index (χ2n) is 4.19. The molecule has 1 saturated heterocycles. The number of rotatable bonds is 2. The van der Waals surface area contributed by atoms with Crippen molar-refractivity contribution in [2.75, 3.05) is 6.54 Å². The van der Waals surface area contributed by atoms with Gasteiger partial charge in [-0.1, -0.05) is 25.1 Å². The van der Waals surface area contributed by atoms with Gasteiger partial charge in [-0.3, -0.25) is 0 Å². The molecule has 0 aromatic heterocycles. The number of hydrogen-bond donors (Lipinski definition) is 1. The Morgan fingerprint density at radius 3 is 2.86 bits per heavy atom. The summed E-state index contributed by atoms with van der Waals surface area (Å²) in [6, 6.07) is 7.53. The predicted molar refractivity (Wildman–Crippen MR) is 60.5 cm³/mol. The Hall–Kier alpha value is -0.820. The minimum absolute atomic E-state index is 0.611. The van der Waals surface area contributed by atoms with Crippen molar-refractivity contribution in [1.29, 1.82) is 0 Å². The summed E-state index contributed by atoms with van der Waals surface area (Å²) in [6.45, 7) is 5.62. The summed E-state index contributed by atoms with van der Waals surface area (Å²) in [7, 11) is 0. The largest absolute Gasteiger partial charge is 0.310 e. The van der Waals surface area contributed by atoms with Crippen molar-refractivity contribution < 1.29 is 0 Å². The van der Waals surface area contributed by atoms with Crippen LogP contribution in [0.2, 0.25) is 0 Å². The Morgan fingerprint density at radius 1 is 1.43 bits per heavy atom. The lowest BCUT2D eigenvalue weighted by atomic mass is 9.98. The minimum Gasteiger partial charge on any atom is -0.310 e. The van der Waals surface area contributed by atoms with E-state index in [1.165, 1.54) is 36.1 Å². The van der Waals surface area contributed by atoms with E-state index >= 15 is 0 Å². The molecule has 1 atom stereocenters. The summed E-state index contributed by atoms with van der Waals surface area (Å²) in [6.07, 6.45) is 3.76. The van der Waals surface area contributed by atoms with Crippen LogP contribution in [0, 0.1) is 6.92 Å². The molecule has 14 heavy (non-hydrogen) atoms. The zero-order chi connectivity index (χ0) is 9.97. The van der Waals surface area contributed by atoms with Gasteiger partial charge in [0.1, 0.15) is 0 Å². The lowest BCUT2D eigenvalue weighted by Gasteiger charge is -2.13. The predicted octanol–water partition coefficient (Wildman–Crippen LogP) is 2.98. The van der Waals surface area contributed by atoms with Gasteiger partial charge in [-0.25, -0.2) is 0 Å². The Morgan fingerprint density at radius 2 is 2.29 bits per heavy atom. The van der Waals surface area contributed by atoms with Gasteiger partial charge in [-0.15, -0.1) is 0 Å². The highest BCUT2D eigenvalue weighted by atomic mass is 14.9. The lowest BCUT2D eigenvalue weighted by molar-refractivity contribution is 0.647. The van der Waals surface area contributed by atoms with Gasteiger partial charge in [0.05, 0.1) is 0 Å². The van der Waals surface area contributed by atoms with E-state index in [2.05, 4.69) is 37.4 Å². The third kappa shape index (κ3) is 1.83. The molecule has 0 bridgehead atoms. The Kier molecular flexibility index (Phi) is 2.87. The van der Waals surface area contributed by atoms with Gasteiger partial charge in [0.25, 0.3) is 0 Å². The van der Waals surface area contributed by atoms with Gasteiger partial charge in [0.15, 0.2) is 0 Å². The van der Waals surface area contributed by atoms with Crippen molar-refractivity contribution >= 4 is 0 Å². The fourth-order valence-electron chi connectivity index (χ4n) is 2.30. The molecule has 1 N–H and O–H groups in total. The second kappa shape index (κ2) is 4.14. The van der Waals surface area contributed by atoms with Crippen LogP contribution in [0.1, 0.15) is 42.5 Å². The number of benzene rings is 1. The van der Waals surface area contributed by atoms with Crippen LogP contribution >= 0.6 is 0 Å². The first kappa shape index (κ1) is 9.72. The van der Waals surface area contributed by atoms with Crippen LogP contribution in [-0.4, -0.2) is 6.54 Å². The lowest BCUT2D eigenvalue weighted by Crippen LogP contribution is -2.13. The highest BCUT2D eigenvalue weighted by Crippen LogP contribution is 2.24. The summed E-state index contributed by atoms with van der Waals surface area (Å²) in [5.74, 6) is 0. The third-order valence-electron chi connectivity index (χ3n) is 3.21. The fourth-order valence-corrected chi connectivity index (χ4v) is 2.30. The molecule has 1 aromatic carbocycles. The minimum atomic E-state index is 0.611. The van der Waals surface area contributed by atoms with Crippen LogP contribution in [0.3, 0.4) is 0 Å². The van der Waals surface area contributed by atoms with Gasteiger partial charge < -0.3 is 5.32 Å². The average molecular weight is 189 g/mol. The zero-order valence-corrected chi connectivity index (χ0v) is 9.14. The first-order valence-electron chi connectivity index (χ1n) is 5.64. The number of aryl methyl sites for hydroxylation is 2. The maximum absolute atomic E-state index is 3.54. The molecule has 1 aliphatic heterocycles. The van der Waals surface area contributed by atoms with E-state index in [9.17, 15) is 0 Å². The topological polar surface area (TPSA) is 12.0 Å². The summed E-state index contributed by atoms with van der Waals surface area (Å²) in [5, 5.41) is 3.54. The molecule has 0 saturated carbocycles. The molecule has 1 fully saturated rings. The summed E-state index contributed by atoms with van der Waals surface area (Å²) in [4.78, 5) is 0. The normalized spacial score (nSPS) is 21.4. The Bertz CT molecular complexity index is 311. The van der Waals surface area contributed by atoms with E-state index in [1.807, 2.05) is 0 Å². The highest BCUT2D eigenvalue weighted by Gasteiger charge is 2.16. The molecule has 76 valence electrons. The van der Waals surface area contributed by atoms with Crippen LogP contribution in [0.15, 0.2) is 18.2 Å². The van der Waals surface area contributed by atoms with E-state index in [0.29, 0.717) is 6.04 Å². The Balaban J connectivity index is 2.23. The van der Waals surface area contributed by atoms with Crippen molar-refractivity contribution in [2.45, 2.75) is 39.2 Å². The average Bonchev–Trinajstić information content (AvgIpc) is 2.70. The van der Waals surface area contributed by atoms with Crippen molar-refractivity contribution in [3.8, 4) is 0 Å². The maximum Gasteiger partial charge on any atom is 0.0320 e. The van der Waals surface area contributed by atoms with Gasteiger partial charge in [-0.2, -0.15) is 0 Å². The smallest absolute Gasteiger partial charge is 0.0320 e. The van der Waals surface area contributed by atoms with Gasteiger partial charge in [0, 0.05) is 6.04 Å². The summed E-state index contributed by atoms with van der Waals surface area (Å²) in [5.41, 5.74) is 4.39. The summed E-state index contributed by atoms with van der Waals surface area (Å²) < 4.78 is 0. The molecule has 1 nitrogen and oxygen atoms in total. The Labute approximate surface area is 86.5 Å². The molecule has 1 heterocycles. The number of hydrogen-bond acceptors (Lipinski definition) is 1. The van der Waals surface area contributed by atoms with Crippen LogP contribution < -0.4 is 5.32 Å². The molecule has 1 unspecified atom stereocenters. The fraction of sp³-hybridized carbons (Fsp3) is 0.538. The molecule has 0 amide bonds. The van der Waals surface area contributed by atoms with Gasteiger partial charge >= 0.3 is 0 Å². The standard InChI is InChI=1S/C13H19N/c1-3-11-6-7-12(9-10(11)2)13-5-4-8-14-13/h6-7,9,13-14H,3-5,8H2,1-2H3. The van der Waals surface area contributed by atoms with E-state index in [-0.39, 0.29) is 0 Å². The van der Waals surface area contributed by atoms with E-state index in [4.69, 9.17) is 0 Å². The molecule has 0 radical (unpaired) electrons. The first-order chi connectivity index (χ1) is 6.81. The summed E-state index contributed by atoms with van der Waals surface area (Å²) >= 11 is 0. The van der Waals surface area contributed by atoms with E-state index in [0.717, 1.165) is 6.42 Å². The van der Waals surface area contributed by atoms with Crippen molar-refractivity contribution in [3.05, 3.63) is 34.9 Å². The molecule has 1 aromatic rings. The van der Waals surface area contributed by atoms with Crippen molar-refractivity contribution in [1.82, 2.24) is 5.32 Å². The quantitative estimate of drug-likeness (QED) is 0.754. The van der Waals surface area contributed by atoms with Crippen molar-refractivity contribution in [3.63, 3.8) is 0 Å².